The fourth-order valence-electron chi connectivity index (χ4n) is 5.97. The quantitative estimate of drug-likeness (QED) is 0.181. The summed E-state index contributed by atoms with van der Waals surface area (Å²) < 4.78 is 0. The third-order valence-electron chi connectivity index (χ3n) is 7.70. The predicted octanol–water partition coefficient (Wildman–Crippen LogP) is 9.58. The summed E-state index contributed by atoms with van der Waals surface area (Å²) in [7, 11) is 0. The number of hydrogen-bond donors (Lipinski definition) is 0. The first-order valence-electron chi connectivity index (χ1n) is 12.9. The van der Waals surface area contributed by atoms with Crippen molar-refractivity contribution in [2.24, 2.45) is 0 Å². The lowest BCUT2D eigenvalue weighted by Gasteiger charge is -2.16. The van der Waals surface area contributed by atoms with Gasteiger partial charge in [0.25, 0.3) is 0 Å². The molecule has 2 nitrogen and oxygen atoms in total. The van der Waals surface area contributed by atoms with Gasteiger partial charge in [-0.25, -0.2) is 0 Å². The molecule has 2 heterocycles. The van der Waals surface area contributed by atoms with Crippen molar-refractivity contribution in [3.8, 4) is 22.3 Å². The van der Waals surface area contributed by atoms with Crippen LogP contribution in [0.15, 0.2) is 134 Å². The number of pyridine rings is 2. The molecule has 0 N–H and O–H groups in total. The number of fused-ring (bicyclic) bond motifs is 6. The van der Waals surface area contributed by atoms with E-state index in [0.717, 1.165) is 27.4 Å². The lowest BCUT2D eigenvalue weighted by Crippen LogP contribution is -1.90. The van der Waals surface area contributed by atoms with Crippen molar-refractivity contribution in [2.45, 2.75) is 0 Å². The van der Waals surface area contributed by atoms with Crippen LogP contribution in [0.25, 0.3) is 76.4 Å². The summed E-state index contributed by atoms with van der Waals surface area (Å²) in [6, 6.07) is 43.6. The molecule has 2 aromatic heterocycles. The SMILES string of the molecule is c1ccc2c(-c3cccc4c(-c5cnc6c(ccc7cccnc76)c5)cccc34)c3ccccc3cc2c1. The molecule has 0 spiro atoms. The van der Waals surface area contributed by atoms with Gasteiger partial charge in [0, 0.05) is 28.7 Å². The van der Waals surface area contributed by atoms with Crippen LogP contribution in [0.4, 0.5) is 0 Å². The van der Waals surface area contributed by atoms with Crippen LogP contribution < -0.4 is 0 Å². The highest BCUT2D eigenvalue weighted by molar-refractivity contribution is 6.18. The zero-order valence-corrected chi connectivity index (χ0v) is 20.6. The molecule has 0 saturated carbocycles. The standard InChI is InChI=1S/C36H22N2/c1-3-11-29-24(8-1)20-25-9-2-4-12-30(25)34(29)33-16-6-14-31-28(13-5-15-32(31)33)27-21-26-18-17-23-10-7-19-37-35(23)36(26)38-22-27/h1-22H. The smallest absolute Gasteiger partial charge is 0.0964 e. The van der Waals surface area contributed by atoms with Crippen LogP contribution in [0.2, 0.25) is 0 Å². The number of benzene rings is 6. The van der Waals surface area contributed by atoms with Gasteiger partial charge in [-0.2, -0.15) is 0 Å². The Bertz CT molecular complexity index is 2140. The third kappa shape index (κ3) is 3.14. The minimum absolute atomic E-state index is 0.940. The van der Waals surface area contributed by atoms with E-state index in [-0.39, 0.29) is 0 Å². The van der Waals surface area contributed by atoms with E-state index in [0.29, 0.717) is 0 Å². The van der Waals surface area contributed by atoms with Crippen LogP contribution in [-0.4, -0.2) is 9.97 Å². The first-order chi connectivity index (χ1) is 18.8. The molecule has 0 unspecified atom stereocenters. The van der Waals surface area contributed by atoms with E-state index < -0.39 is 0 Å². The molecule has 2 heteroatoms. The Morgan fingerprint density at radius 2 is 1.00 bits per heavy atom. The number of hydrogen-bond acceptors (Lipinski definition) is 2. The van der Waals surface area contributed by atoms with E-state index in [2.05, 4.69) is 120 Å². The lowest BCUT2D eigenvalue weighted by atomic mass is 9.88. The molecule has 0 aliphatic carbocycles. The van der Waals surface area contributed by atoms with E-state index in [1.54, 1.807) is 0 Å². The second-order valence-corrected chi connectivity index (χ2v) is 9.84. The zero-order valence-electron chi connectivity index (χ0n) is 20.6. The number of nitrogens with zero attached hydrogens (tertiary/aromatic N) is 2. The molecular formula is C36H22N2. The molecule has 0 bridgehead atoms. The van der Waals surface area contributed by atoms with Gasteiger partial charge in [0.1, 0.15) is 0 Å². The highest BCUT2D eigenvalue weighted by Crippen LogP contribution is 2.41. The van der Waals surface area contributed by atoms with Gasteiger partial charge < -0.3 is 0 Å². The molecule has 8 aromatic rings. The van der Waals surface area contributed by atoms with Crippen molar-refractivity contribution in [3.05, 3.63) is 134 Å². The minimum atomic E-state index is 0.940. The summed E-state index contributed by atoms with van der Waals surface area (Å²) in [4.78, 5) is 9.49. The monoisotopic (exact) mass is 482 g/mol. The van der Waals surface area contributed by atoms with Crippen molar-refractivity contribution in [1.82, 2.24) is 9.97 Å². The van der Waals surface area contributed by atoms with Gasteiger partial charge in [-0.1, -0.05) is 103 Å². The Kier molecular flexibility index (Phi) is 4.55. The summed E-state index contributed by atoms with van der Waals surface area (Å²) in [6.07, 6.45) is 3.83. The molecule has 8 rings (SSSR count). The fraction of sp³-hybridized carbons (Fsp3) is 0. The summed E-state index contributed by atoms with van der Waals surface area (Å²) in [5.41, 5.74) is 6.72. The maximum absolute atomic E-state index is 4.89. The normalized spacial score (nSPS) is 11.7. The maximum Gasteiger partial charge on any atom is 0.0964 e. The average Bonchev–Trinajstić information content (AvgIpc) is 2.99. The topological polar surface area (TPSA) is 25.8 Å². The molecule has 0 saturated heterocycles. The predicted molar refractivity (Wildman–Crippen MR) is 160 cm³/mol. The van der Waals surface area contributed by atoms with Gasteiger partial charge in [-0.3, -0.25) is 9.97 Å². The minimum Gasteiger partial charge on any atom is -0.254 e. The van der Waals surface area contributed by atoms with Gasteiger partial charge in [0.05, 0.1) is 11.0 Å². The van der Waals surface area contributed by atoms with Crippen molar-refractivity contribution in [2.75, 3.05) is 0 Å². The molecule has 6 aromatic carbocycles. The van der Waals surface area contributed by atoms with Gasteiger partial charge >= 0.3 is 0 Å². The van der Waals surface area contributed by atoms with Gasteiger partial charge in [-0.05, 0) is 67.2 Å². The summed E-state index contributed by atoms with van der Waals surface area (Å²) in [5, 5.41) is 9.74. The molecule has 38 heavy (non-hydrogen) atoms. The van der Waals surface area contributed by atoms with Gasteiger partial charge in [0.15, 0.2) is 0 Å². The zero-order chi connectivity index (χ0) is 25.1. The van der Waals surface area contributed by atoms with E-state index >= 15 is 0 Å². The molecule has 0 fully saturated rings. The Morgan fingerprint density at radius 1 is 0.395 bits per heavy atom. The Morgan fingerprint density at radius 3 is 1.79 bits per heavy atom. The molecular weight excluding hydrogens is 460 g/mol. The Hall–Kier alpha value is -5.08. The van der Waals surface area contributed by atoms with Crippen LogP contribution in [0.1, 0.15) is 0 Å². The first-order valence-corrected chi connectivity index (χ1v) is 12.9. The van der Waals surface area contributed by atoms with Crippen LogP contribution in [-0.2, 0) is 0 Å². The molecule has 0 aliphatic rings. The Balaban J connectivity index is 1.40. The van der Waals surface area contributed by atoms with Crippen molar-refractivity contribution in [1.29, 1.82) is 0 Å². The number of rotatable bonds is 2. The van der Waals surface area contributed by atoms with E-state index in [4.69, 9.17) is 4.98 Å². The second-order valence-electron chi connectivity index (χ2n) is 9.84. The largest absolute Gasteiger partial charge is 0.254 e. The van der Waals surface area contributed by atoms with E-state index in [9.17, 15) is 0 Å². The van der Waals surface area contributed by atoms with Crippen molar-refractivity contribution in [3.63, 3.8) is 0 Å². The van der Waals surface area contributed by atoms with Crippen LogP contribution >= 0.6 is 0 Å². The first kappa shape index (κ1) is 21.0. The summed E-state index contributed by atoms with van der Waals surface area (Å²) >= 11 is 0. The highest BCUT2D eigenvalue weighted by atomic mass is 14.7. The Labute approximate surface area is 219 Å². The fourth-order valence-corrected chi connectivity index (χ4v) is 5.97. The van der Waals surface area contributed by atoms with Gasteiger partial charge in [-0.15, -0.1) is 0 Å². The number of aromatic nitrogens is 2. The van der Waals surface area contributed by atoms with E-state index in [1.807, 2.05) is 18.5 Å². The van der Waals surface area contributed by atoms with Crippen LogP contribution in [0.3, 0.4) is 0 Å². The van der Waals surface area contributed by atoms with Crippen molar-refractivity contribution < 1.29 is 0 Å². The lowest BCUT2D eigenvalue weighted by molar-refractivity contribution is 1.37. The highest BCUT2D eigenvalue weighted by Gasteiger charge is 2.14. The maximum atomic E-state index is 4.89. The molecule has 0 radical (unpaired) electrons. The van der Waals surface area contributed by atoms with Crippen LogP contribution in [0, 0.1) is 0 Å². The molecule has 0 amide bonds. The second kappa shape index (κ2) is 8.22. The van der Waals surface area contributed by atoms with Gasteiger partial charge in [0.2, 0.25) is 0 Å². The van der Waals surface area contributed by atoms with Crippen molar-refractivity contribution >= 4 is 54.1 Å². The van der Waals surface area contributed by atoms with E-state index in [1.165, 1.54) is 49.0 Å². The summed E-state index contributed by atoms with van der Waals surface area (Å²) in [6.45, 7) is 0. The molecule has 0 aliphatic heterocycles. The molecule has 0 atom stereocenters. The van der Waals surface area contributed by atoms with Crippen LogP contribution in [0.5, 0.6) is 0 Å². The third-order valence-corrected chi connectivity index (χ3v) is 7.70. The summed E-state index contributed by atoms with van der Waals surface area (Å²) in [5.74, 6) is 0. The average molecular weight is 483 g/mol. The molecule has 176 valence electrons.